The summed E-state index contributed by atoms with van der Waals surface area (Å²) in [6.07, 6.45) is 3.39. The minimum absolute atomic E-state index is 0.218. The van der Waals surface area contributed by atoms with Crippen molar-refractivity contribution in [2.24, 2.45) is 5.92 Å². The maximum Gasteiger partial charge on any atom is 0.316 e. The van der Waals surface area contributed by atoms with Crippen LogP contribution >= 0.6 is 0 Å². The molecule has 0 bridgehead atoms. The van der Waals surface area contributed by atoms with Crippen molar-refractivity contribution in [3.63, 3.8) is 0 Å². The van der Waals surface area contributed by atoms with Crippen molar-refractivity contribution in [1.82, 2.24) is 4.90 Å². The van der Waals surface area contributed by atoms with Gasteiger partial charge in [-0.2, -0.15) is 0 Å². The molecule has 2 amide bonds. The Morgan fingerprint density at radius 1 is 1.05 bits per heavy atom. The van der Waals surface area contributed by atoms with E-state index in [9.17, 15) is 18.4 Å². The highest BCUT2D eigenvalue weighted by Crippen LogP contribution is 2.28. The minimum Gasteiger partial charge on any atom is -0.332 e. The first-order valence-corrected chi connectivity index (χ1v) is 7.12. The Bertz CT molecular complexity index is 587. The number of nitrogens with zero attached hydrogens (tertiary/aromatic N) is 2. The number of carbonyl (C=O) groups is 2. The van der Waals surface area contributed by atoms with Gasteiger partial charge >= 0.3 is 11.8 Å². The van der Waals surface area contributed by atoms with Crippen molar-refractivity contribution >= 4 is 17.5 Å². The van der Waals surface area contributed by atoms with Gasteiger partial charge in [0, 0.05) is 31.4 Å². The number of amides is 2. The average Bonchev–Trinajstić information content (AvgIpc) is 2.42. The van der Waals surface area contributed by atoms with Crippen LogP contribution in [0.3, 0.4) is 0 Å². The van der Waals surface area contributed by atoms with Gasteiger partial charge in [0.05, 0.1) is 0 Å². The van der Waals surface area contributed by atoms with Crippen LogP contribution in [-0.2, 0) is 9.59 Å². The third-order valence-corrected chi connectivity index (χ3v) is 4.23. The van der Waals surface area contributed by atoms with E-state index in [2.05, 4.69) is 0 Å². The average molecular weight is 294 g/mol. The van der Waals surface area contributed by atoms with Crippen LogP contribution in [0.1, 0.15) is 19.3 Å². The number of piperazine rings is 1. The summed E-state index contributed by atoms with van der Waals surface area (Å²) in [5.41, 5.74) is 0.218. The van der Waals surface area contributed by atoms with Crippen LogP contribution in [0.25, 0.3) is 0 Å². The van der Waals surface area contributed by atoms with E-state index in [1.165, 1.54) is 17.4 Å². The maximum atomic E-state index is 13.3. The van der Waals surface area contributed by atoms with E-state index in [0.717, 1.165) is 25.0 Å². The molecule has 1 saturated carbocycles. The van der Waals surface area contributed by atoms with Gasteiger partial charge in [0.2, 0.25) is 0 Å². The molecule has 1 heterocycles. The van der Waals surface area contributed by atoms with Gasteiger partial charge in [0.15, 0.2) is 11.6 Å². The van der Waals surface area contributed by atoms with Crippen LogP contribution in [0.5, 0.6) is 0 Å². The zero-order chi connectivity index (χ0) is 15.0. The molecular formula is C15H16F2N2O2. The lowest BCUT2D eigenvalue weighted by Gasteiger charge is -2.37. The molecule has 1 aromatic carbocycles. The molecular weight excluding hydrogens is 278 g/mol. The molecule has 1 aromatic rings. The molecule has 0 spiro atoms. The monoisotopic (exact) mass is 294 g/mol. The smallest absolute Gasteiger partial charge is 0.316 e. The number of halogens is 2. The summed E-state index contributed by atoms with van der Waals surface area (Å²) in [5, 5.41) is 0. The van der Waals surface area contributed by atoms with E-state index in [1.54, 1.807) is 4.90 Å². The summed E-state index contributed by atoms with van der Waals surface area (Å²) >= 11 is 0. The summed E-state index contributed by atoms with van der Waals surface area (Å²) in [4.78, 5) is 27.0. The number of carbonyl (C=O) groups excluding carboxylic acids is 2. The summed E-state index contributed by atoms with van der Waals surface area (Å²) in [6.45, 7) is 1.36. The van der Waals surface area contributed by atoms with Crippen LogP contribution in [0.4, 0.5) is 14.5 Å². The molecule has 1 aliphatic carbocycles. The second-order valence-electron chi connectivity index (χ2n) is 5.60. The third kappa shape index (κ3) is 2.62. The van der Waals surface area contributed by atoms with Gasteiger partial charge in [-0.05, 0) is 30.9 Å². The second-order valence-corrected chi connectivity index (χ2v) is 5.60. The number of hydrogen-bond donors (Lipinski definition) is 0. The van der Waals surface area contributed by atoms with Crippen molar-refractivity contribution in [3.05, 3.63) is 29.8 Å². The van der Waals surface area contributed by atoms with Crippen molar-refractivity contribution in [2.45, 2.75) is 19.3 Å². The lowest BCUT2D eigenvalue weighted by molar-refractivity contribution is -0.147. The van der Waals surface area contributed by atoms with Crippen LogP contribution in [-0.4, -0.2) is 36.3 Å². The van der Waals surface area contributed by atoms with Crippen molar-refractivity contribution in [1.29, 1.82) is 0 Å². The Balaban J connectivity index is 1.72. The topological polar surface area (TPSA) is 40.6 Å². The second kappa shape index (κ2) is 5.42. The molecule has 6 heteroatoms. The lowest BCUT2D eigenvalue weighted by atomic mass is 9.85. The largest absolute Gasteiger partial charge is 0.332 e. The Hall–Kier alpha value is -1.98. The molecule has 0 atom stereocenters. The van der Waals surface area contributed by atoms with Gasteiger partial charge in [0.25, 0.3) is 0 Å². The highest BCUT2D eigenvalue weighted by molar-refractivity contribution is 6.40. The van der Waals surface area contributed by atoms with Crippen LogP contribution in [0, 0.1) is 17.6 Å². The van der Waals surface area contributed by atoms with Gasteiger partial charge in [-0.25, -0.2) is 8.78 Å². The first-order chi connectivity index (χ1) is 10.1. The normalized spacial score (nSPS) is 19.9. The predicted molar refractivity (Wildman–Crippen MR) is 72.6 cm³/mol. The molecule has 112 valence electrons. The summed E-state index contributed by atoms with van der Waals surface area (Å²) < 4.78 is 26.2. The highest BCUT2D eigenvalue weighted by atomic mass is 19.2. The molecule has 0 unspecified atom stereocenters. The zero-order valence-corrected chi connectivity index (χ0v) is 11.5. The number of benzene rings is 1. The van der Waals surface area contributed by atoms with Gasteiger partial charge in [0.1, 0.15) is 0 Å². The lowest BCUT2D eigenvalue weighted by Crippen LogP contribution is -2.55. The minimum atomic E-state index is -1.02. The first-order valence-electron chi connectivity index (χ1n) is 7.12. The summed E-state index contributed by atoms with van der Waals surface area (Å²) in [7, 11) is 0. The van der Waals surface area contributed by atoms with Crippen LogP contribution in [0.15, 0.2) is 18.2 Å². The summed E-state index contributed by atoms with van der Waals surface area (Å²) in [6, 6.07) is 3.22. The molecule has 2 fully saturated rings. The van der Waals surface area contributed by atoms with Crippen molar-refractivity contribution < 1.29 is 18.4 Å². The van der Waals surface area contributed by atoms with E-state index in [1.807, 2.05) is 0 Å². The van der Waals surface area contributed by atoms with Gasteiger partial charge in [-0.3, -0.25) is 9.59 Å². The van der Waals surface area contributed by atoms with Crippen LogP contribution < -0.4 is 4.90 Å². The van der Waals surface area contributed by atoms with Gasteiger partial charge < -0.3 is 9.80 Å². The first kappa shape index (κ1) is 14.0. The van der Waals surface area contributed by atoms with Crippen molar-refractivity contribution in [3.8, 4) is 0 Å². The molecule has 0 N–H and O–H groups in total. The predicted octanol–water partition coefficient (Wildman–Crippen LogP) is 1.94. The Morgan fingerprint density at radius 3 is 2.43 bits per heavy atom. The molecule has 2 aliphatic rings. The molecule has 1 saturated heterocycles. The van der Waals surface area contributed by atoms with E-state index < -0.39 is 23.4 Å². The Morgan fingerprint density at radius 2 is 1.81 bits per heavy atom. The SMILES string of the molecule is O=C1C(=O)N(c2ccc(F)c(F)c2)CCN1CC1CCC1. The van der Waals surface area contributed by atoms with Crippen LogP contribution in [0.2, 0.25) is 0 Å². The highest BCUT2D eigenvalue weighted by Gasteiger charge is 2.35. The Labute approximate surface area is 121 Å². The molecule has 4 nitrogen and oxygen atoms in total. The number of rotatable bonds is 3. The fourth-order valence-corrected chi connectivity index (χ4v) is 2.74. The van der Waals surface area contributed by atoms with Gasteiger partial charge in [-0.15, -0.1) is 0 Å². The van der Waals surface area contributed by atoms with Gasteiger partial charge in [-0.1, -0.05) is 6.42 Å². The quantitative estimate of drug-likeness (QED) is 0.799. The molecule has 21 heavy (non-hydrogen) atoms. The van der Waals surface area contributed by atoms with E-state index in [0.29, 0.717) is 25.6 Å². The fourth-order valence-electron chi connectivity index (χ4n) is 2.74. The molecule has 1 aliphatic heterocycles. The molecule has 0 radical (unpaired) electrons. The molecule has 0 aromatic heterocycles. The number of hydrogen-bond acceptors (Lipinski definition) is 2. The Kier molecular flexibility index (Phi) is 3.61. The standard InChI is InChI=1S/C15H16F2N2O2/c16-12-5-4-11(8-13(12)17)19-7-6-18(14(20)15(19)21)9-10-2-1-3-10/h4-5,8,10H,1-3,6-7,9H2. The fraction of sp³-hybridized carbons (Fsp3) is 0.467. The zero-order valence-electron chi connectivity index (χ0n) is 11.5. The number of anilines is 1. The summed E-state index contributed by atoms with van der Waals surface area (Å²) in [5.74, 6) is -2.73. The van der Waals surface area contributed by atoms with E-state index >= 15 is 0 Å². The third-order valence-electron chi connectivity index (χ3n) is 4.23. The maximum absolute atomic E-state index is 13.3. The molecule has 3 rings (SSSR count). The van der Waals surface area contributed by atoms with Crippen molar-refractivity contribution in [2.75, 3.05) is 24.5 Å². The van der Waals surface area contributed by atoms with E-state index in [-0.39, 0.29) is 5.69 Å². The van der Waals surface area contributed by atoms with E-state index in [4.69, 9.17) is 0 Å².